The van der Waals surface area contributed by atoms with Crippen LogP contribution in [0.15, 0.2) is 35.3 Å². The zero-order chi connectivity index (χ0) is 11.4. The molecule has 0 radical (unpaired) electrons. The molecule has 1 aromatic heterocycles. The first-order valence-electron chi connectivity index (χ1n) is 4.12. The minimum Gasteiger partial charge on any atom is -0.306 e. The predicted molar refractivity (Wildman–Crippen MR) is 57.2 cm³/mol. The van der Waals surface area contributed by atoms with Crippen LogP contribution < -0.4 is 5.56 Å². The van der Waals surface area contributed by atoms with E-state index in [9.17, 15) is 14.9 Å². The molecular formula is C9H9ClN2O3. The SMILES string of the molecule is C=C(CCl)Cn1cccc([N+](=O)[O-])c1=O. The van der Waals surface area contributed by atoms with E-state index in [1.54, 1.807) is 0 Å². The molecule has 0 atom stereocenters. The molecule has 0 unspecified atom stereocenters. The van der Waals surface area contributed by atoms with Gasteiger partial charge in [-0.05, 0) is 11.6 Å². The van der Waals surface area contributed by atoms with Gasteiger partial charge in [-0.25, -0.2) is 0 Å². The molecule has 0 aliphatic rings. The van der Waals surface area contributed by atoms with E-state index in [-0.39, 0.29) is 12.4 Å². The average molecular weight is 229 g/mol. The van der Waals surface area contributed by atoms with Crippen molar-refractivity contribution in [3.8, 4) is 0 Å². The quantitative estimate of drug-likeness (QED) is 0.340. The van der Waals surface area contributed by atoms with Crippen LogP contribution in [0, 0.1) is 10.1 Å². The molecule has 0 fully saturated rings. The highest BCUT2D eigenvalue weighted by atomic mass is 35.5. The van der Waals surface area contributed by atoms with E-state index in [4.69, 9.17) is 11.6 Å². The fourth-order valence-corrected chi connectivity index (χ4v) is 1.16. The lowest BCUT2D eigenvalue weighted by Crippen LogP contribution is -2.22. The van der Waals surface area contributed by atoms with E-state index in [0.29, 0.717) is 5.57 Å². The van der Waals surface area contributed by atoms with Gasteiger partial charge in [0.05, 0.1) is 4.92 Å². The highest BCUT2D eigenvalue weighted by Crippen LogP contribution is 2.04. The standard InChI is InChI=1S/C9H9ClN2O3/c1-7(5-10)6-11-4-2-3-8(9(11)13)12(14)15/h2-4H,1,5-6H2. The summed E-state index contributed by atoms with van der Waals surface area (Å²) in [6, 6.07) is 2.61. The number of nitrogens with zero attached hydrogens (tertiary/aromatic N) is 2. The van der Waals surface area contributed by atoms with Gasteiger partial charge in [-0.1, -0.05) is 6.58 Å². The molecule has 6 heteroatoms. The molecule has 1 rings (SSSR count). The molecule has 0 bridgehead atoms. The van der Waals surface area contributed by atoms with Gasteiger partial charge in [0, 0.05) is 24.7 Å². The van der Waals surface area contributed by atoms with Gasteiger partial charge in [0.2, 0.25) is 0 Å². The van der Waals surface area contributed by atoms with E-state index in [1.807, 2.05) is 0 Å². The third-order valence-corrected chi connectivity index (χ3v) is 2.16. The number of nitro groups is 1. The van der Waals surface area contributed by atoms with Crippen LogP contribution in [0.3, 0.4) is 0 Å². The molecule has 0 aliphatic heterocycles. The molecule has 0 N–H and O–H groups in total. The zero-order valence-electron chi connectivity index (χ0n) is 7.85. The van der Waals surface area contributed by atoms with Gasteiger partial charge in [0.1, 0.15) is 0 Å². The highest BCUT2D eigenvalue weighted by Gasteiger charge is 2.13. The van der Waals surface area contributed by atoms with Crippen LogP contribution in [0.4, 0.5) is 5.69 Å². The van der Waals surface area contributed by atoms with Crippen molar-refractivity contribution in [1.82, 2.24) is 4.57 Å². The van der Waals surface area contributed by atoms with E-state index in [1.165, 1.54) is 22.9 Å². The van der Waals surface area contributed by atoms with Crippen molar-refractivity contribution in [1.29, 1.82) is 0 Å². The number of halogens is 1. The molecule has 0 amide bonds. The Morgan fingerprint density at radius 3 is 2.87 bits per heavy atom. The lowest BCUT2D eigenvalue weighted by Gasteiger charge is -2.04. The van der Waals surface area contributed by atoms with E-state index in [2.05, 4.69) is 6.58 Å². The number of hydrogen-bond donors (Lipinski definition) is 0. The van der Waals surface area contributed by atoms with E-state index in [0.717, 1.165) is 0 Å². The number of alkyl halides is 1. The summed E-state index contributed by atoms with van der Waals surface area (Å²) in [6.07, 6.45) is 1.47. The van der Waals surface area contributed by atoms with Gasteiger partial charge in [0.15, 0.2) is 0 Å². The molecule has 0 saturated carbocycles. The first-order chi connectivity index (χ1) is 7.06. The van der Waals surface area contributed by atoms with Gasteiger partial charge < -0.3 is 4.57 Å². The number of rotatable bonds is 4. The fourth-order valence-electron chi connectivity index (χ4n) is 1.07. The lowest BCUT2D eigenvalue weighted by atomic mass is 10.3. The van der Waals surface area contributed by atoms with Crippen LogP contribution in [-0.2, 0) is 6.54 Å². The van der Waals surface area contributed by atoms with Crippen molar-refractivity contribution in [2.24, 2.45) is 0 Å². The molecule has 1 heterocycles. The molecule has 80 valence electrons. The molecule has 0 aromatic carbocycles. The van der Waals surface area contributed by atoms with Crippen molar-refractivity contribution < 1.29 is 4.92 Å². The summed E-state index contributed by atoms with van der Waals surface area (Å²) in [7, 11) is 0. The van der Waals surface area contributed by atoms with Crippen LogP contribution in [-0.4, -0.2) is 15.4 Å². The van der Waals surface area contributed by atoms with Crippen LogP contribution in [0.25, 0.3) is 0 Å². The summed E-state index contributed by atoms with van der Waals surface area (Å²) in [4.78, 5) is 21.3. The van der Waals surface area contributed by atoms with Crippen molar-refractivity contribution >= 4 is 17.3 Å². The molecule has 1 aromatic rings. The Hall–Kier alpha value is -1.62. The topological polar surface area (TPSA) is 65.1 Å². The first kappa shape index (κ1) is 11.5. The highest BCUT2D eigenvalue weighted by molar-refractivity contribution is 6.19. The van der Waals surface area contributed by atoms with Crippen molar-refractivity contribution in [3.63, 3.8) is 0 Å². The van der Waals surface area contributed by atoms with Crippen LogP contribution in [0.2, 0.25) is 0 Å². The molecule has 0 aliphatic carbocycles. The second-order valence-corrected chi connectivity index (χ2v) is 3.23. The normalized spacial score (nSPS) is 9.93. The second-order valence-electron chi connectivity index (χ2n) is 2.97. The average Bonchev–Trinajstić information content (AvgIpc) is 2.20. The van der Waals surface area contributed by atoms with Crippen LogP contribution in [0.1, 0.15) is 0 Å². The Morgan fingerprint density at radius 2 is 2.33 bits per heavy atom. The number of allylic oxidation sites excluding steroid dienone is 1. The minimum atomic E-state index is -0.706. The summed E-state index contributed by atoms with van der Waals surface area (Å²) in [5, 5.41) is 10.5. The van der Waals surface area contributed by atoms with Gasteiger partial charge in [0.25, 0.3) is 0 Å². The Labute approximate surface area is 90.7 Å². The van der Waals surface area contributed by atoms with Gasteiger partial charge in [-0.15, -0.1) is 11.6 Å². The molecule has 0 saturated heterocycles. The van der Waals surface area contributed by atoms with Crippen molar-refractivity contribution in [2.45, 2.75) is 6.54 Å². The monoisotopic (exact) mass is 228 g/mol. The first-order valence-corrected chi connectivity index (χ1v) is 4.66. The third-order valence-electron chi connectivity index (χ3n) is 1.78. The maximum atomic E-state index is 11.5. The van der Waals surface area contributed by atoms with Gasteiger partial charge >= 0.3 is 11.2 Å². The van der Waals surface area contributed by atoms with Crippen LogP contribution >= 0.6 is 11.6 Å². The van der Waals surface area contributed by atoms with Crippen molar-refractivity contribution in [2.75, 3.05) is 5.88 Å². The van der Waals surface area contributed by atoms with E-state index >= 15 is 0 Å². The molecule has 5 nitrogen and oxygen atoms in total. The molecule has 0 spiro atoms. The number of hydrogen-bond acceptors (Lipinski definition) is 3. The predicted octanol–water partition coefficient (Wildman–Crippen LogP) is 1.55. The summed E-state index contributed by atoms with van der Waals surface area (Å²) in [5.41, 5.74) is -0.465. The maximum absolute atomic E-state index is 11.5. The second kappa shape index (κ2) is 4.75. The third kappa shape index (κ3) is 2.66. The fraction of sp³-hybridized carbons (Fsp3) is 0.222. The Kier molecular flexibility index (Phi) is 3.62. The largest absolute Gasteiger partial charge is 0.334 e. The zero-order valence-corrected chi connectivity index (χ0v) is 8.61. The van der Waals surface area contributed by atoms with Crippen LogP contribution in [0.5, 0.6) is 0 Å². The van der Waals surface area contributed by atoms with Gasteiger partial charge in [-0.2, -0.15) is 0 Å². The summed E-state index contributed by atoms with van der Waals surface area (Å²) in [6.45, 7) is 3.82. The Balaban J connectivity index is 3.11. The number of aromatic nitrogens is 1. The summed E-state index contributed by atoms with van der Waals surface area (Å²) < 4.78 is 1.21. The van der Waals surface area contributed by atoms with Gasteiger partial charge in [-0.3, -0.25) is 14.9 Å². The van der Waals surface area contributed by atoms with E-state index < -0.39 is 16.2 Å². The lowest BCUT2D eigenvalue weighted by molar-refractivity contribution is -0.386. The smallest absolute Gasteiger partial charge is 0.306 e. The Bertz CT molecular complexity index is 453. The molecule has 15 heavy (non-hydrogen) atoms. The molecular weight excluding hydrogens is 220 g/mol. The summed E-state index contributed by atoms with van der Waals surface area (Å²) in [5.74, 6) is 0.217. The van der Waals surface area contributed by atoms with Crippen molar-refractivity contribution in [3.05, 3.63) is 50.9 Å². The minimum absolute atomic E-state index is 0.198. The number of pyridine rings is 1. The summed E-state index contributed by atoms with van der Waals surface area (Å²) >= 11 is 5.51. The Morgan fingerprint density at radius 1 is 1.67 bits per heavy atom. The maximum Gasteiger partial charge on any atom is 0.334 e.